The number of fused-ring (bicyclic) bond motifs is 1. The van der Waals surface area contributed by atoms with Gasteiger partial charge in [0.25, 0.3) is 0 Å². The quantitative estimate of drug-likeness (QED) is 0.671. The lowest BCUT2D eigenvalue weighted by atomic mass is 10.1. The minimum Gasteiger partial charge on any atom is -0.461 e. The second-order valence-corrected chi connectivity index (χ2v) is 5.35. The molecule has 3 aromatic heterocycles. The standard InChI is InChI=1S/C15H16ClN5O2/c1-22-4-5-23-15-20-12-9(7-19-13(12)14(17)21-15)6-11-3-2-10(16)8-18-11/h2-3,7-8,19H,4-6H2,1H3,(H2,17,20,21). The van der Waals surface area contributed by atoms with Crippen LogP contribution in [0.4, 0.5) is 5.82 Å². The van der Waals surface area contributed by atoms with E-state index in [0.29, 0.717) is 36.0 Å². The Morgan fingerprint density at radius 3 is 2.87 bits per heavy atom. The normalized spacial score (nSPS) is 11.0. The van der Waals surface area contributed by atoms with Crippen molar-refractivity contribution in [3.63, 3.8) is 0 Å². The molecule has 0 aliphatic heterocycles. The molecule has 120 valence electrons. The number of aromatic nitrogens is 4. The molecule has 0 fully saturated rings. The van der Waals surface area contributed by atoms with Crippen LogP contribution >= 0.6 is 11.6 Å². The van der Waals surface area contributed by atoms with E-state index in [1.807, 2.05) is 12.3 Å². The van der Waals surface area contributed by atoms with Gasteiger partial charge in [-0.1, -0.05) is 11.6 Å². The largest absolute Gasteiger partial charge is 0.461 e. The van der Waals surface area contributed by atoms with Gasteiger partial charge in [-0.2, -0.15) is 9.97 Å². The Morgan fingerprint density at radius 2 is 2.13 bits per heavy atom. The molecular weight excluding hydrogens is 318 g/mol. The minimum absolute atomic E-state index is 0.233. The molecule has 23 heavy (non-hydrogen) atoms. The third-order valence-electron chi connectivity index (χ3n) is 3.29. The molecule has 0 radical (unpaired) electrons. The molecule has 0 aliphatic rings. The zero-order chi connectivity index (χ0) is 16.2. The maximum absolute atomic E-state index is 5.96. The second kappa shape index (κ2) is 6.80. The third-order valence-corrected chi connectivity index (χ3v) is 3.51. The predicted octanol–water partition coefficient (Wildman–Crippen LogP) is 2.20. The molecular formula is C15H16ClN5O2. The van der Waals surface area contributed by atoms with Crippen LogP contribution in [-0.4, -0.2) is 40.3 Å². The highest BCUT2D eigenvalue weighted by molar-refractivity contribution is 6.30. The highest BCUT2D eigenvalue weighted by Gasteiger charge is 2.13. The van der Waals surface area contributed by atoms with Crippen LogP contribution < -0.4 is 10.5 Å². The molecule has 0 spiro atoms. The molecule has 0 aromatic carbocycles. The fourth-order valence-electron chi connectivity index (χ4n) is 2.18. The summed E-state index contributed by atoms with van der Waals surface area (Å²) in [6, 6.07) is 3.92. The topological polar surface area (TPSA) is 98.9 Å². The number of methoxy groups -OCH3 is 1. The Morgan fingerprint density at radius 1 is 1.26 bits per heavy atom. The molecule has 3 heterocycles. The summed E-state index contributed by atoms with van der Waals surface area (Å²) in [6.07, 6.45) is 4.07. The van der Waals surface area contributed by atoms with E-state index >= 15 is 0 Å². The SMILES string of the molecule is COCCOc1nc(N)c2[nH]cc(Cc3ccc(Cl)cn3)c2n1. The summed E-state index contributed by atoms with van der Waals surface area (Å²) < 4.78 is 10.4. The number of nitrogens with two attached hydrogens (primary N) is 1. The Balaban J connectivity index is 1.89. The van der Waals surface area contributed by atoms with Gasteiger partial charge in [0.15, 0.2) is 5.82 Å². The lowest BCUT2D eigenvalue weighted by molar-refractivity contribution is 0.141. The van der Waals surface area contributed by atoms with E-state index in [0.717, 1.165) is 16.8 Å². The van der Waals surface area contributed by atoms with Gasteiger partial charge >= 0.3 is 6.01 Å². The number of ether oxygens (including phenoxy) is 2. The number of H-pyrrole nitrogens is 1. The number of hydrogen-bond donors (Lipinski definition) is 2. The molecule has 0 amide bonds. The lowest BCUT2D eigenvalue weighted by Gasteiger charge is -2.05. The fourth-order valence-corrected chi connectivity index (χ4v) is 2.29. The molecule has 3 rings (SSSR count). The number of aromatic amines is 1. The number of rotatable bonds is 6. The van der Waals surface area contributed by atoms with Gasteiger partial charge in [-0.3, -0.25) is 4.98 Å². The Kier molecular flexibility index (Phi) is 4.59. The average Bonchev–Trinajstić information content (AvgIpc) is 2.93. The zero-order valence-corrected chi connectivity index (χ0v) is 13.3. The highest BCUT2D eigenvalue weighted by Crippen LogP contribution is 2.24. The lowest BCUT2D eigenvalue weighted by Crippen LogP contribution is -2.08. The van der Waals surface area contributed by atoms with Crippen LogP contribution in [0.1, 0.15) is 11.3 Å². The van der Waals surface area contributed by atoms with E-state index in [1.54, 1.807) is 19.4 Å². The molecule has 0 bridgehead atoms. The van der Waals surface area contributed by atoms with Gasteiger partial charge < -0.3 is 20.2 Å². The average molecular weight is 334 g/mol. The van der Waals surface area contributed by atoms with Crippen molar-refractivity contribution < 1.29 is 9.47 Å². The molecule has 3 aromatic rings. The van der Waals surface area contributed by atoms with Crippen molar-refractivity contribution in [2.24, 2.45) is 0 Å². The van der Waals surface area contributed by atoms with E-state index in [-0.39, 0.29) is 6.01 Å². The fraction of sp³-hybridized carbons (Fsp3) is 0.267. The molecule has 3 N–H and O–H groups in total. The van der Waals surface area contributed by atoms with Crippen LogP contribution in [0.5, 0.6) is 6.01 Å². The van der Waals surface area contributed by atoms with E-state index in [9.17, 15) is 0 Å². The number of nitrogens with zero attached hydrogens (tertiary/aromatic N) is 3. The van der Waals surface area contributed by atoms with Crippen LogP contribution in [-0.2, 0) is 11.2 Å². The molecule has 0 unspecified atom stereocenters. The number of nitrogens with one attached hydrogen (secondary N) is 1. The van der Waals surface area contributed by atoms with Gasteiger partial charge in [-0.05, 0) is 12.1 Å². The van der Waals surface area contributed by atoms with Crippen LogP contribution in [0, 0.1) is 0 Å². The van der Waals surface area contributed by atoms with E-state index in [4.69, 9.17) is 26.8 Å². The summed E-state index contributed by atoms with van der Waals surface area (Å²) in [5.74, 6) is 0.345. The summed E-state index contributed by atoms with van der Waals surface area (Å²) in [5.41, 5.74) is 9.22. The van der Waals surface area contributed by atoms with Crippen molar-refractivity contribution in [3.05, 3.63) is 40.8 Å². The Hall–Kier alpha value is -2.38. The zero-order valence-electron chi connectivity index (χ0n) is 12.5. The first-order valence-corrected chi connectivity index (χ1v) is 7.41. The number of hydrogen-bond acceptors (Lipinski definition) is 6. The Bertz CT molecular complexity index is 803. The van der Waals surface area contributed by atoms with Gasteiger partial charge in [-0.15, -0.1) is 0 Å². The van der Waals surface area contributed by atoms with Gasteiger partial charge in [0, 0.05) is 37.2 Å². The summed E-state index contributed by atoms with van der Waals surface area (Å²) in [4.78, 5) is 16.0. The van der Waals surface area contributed by atoms with Crippen molar-refractivity contribution in [2.45, 2.75) is 6.42 Å². The maximum atomic E-state index is 5.96. The maximum Gasteiger partial charge on any atom is 0.319 e. The first kappa shape index (κ1) is 15.5. The van der Waals surface area contributed by atoms with Crippen LogP contribution in [0.15, 0.2) is 24.5 Å². The van der Waals surface area contributed by atoms with Crippen molar-refractivity contribution in [1.82, 2.24) is 19.9 Å². The smallest absolute Gasteiger partial charge is 0.319 e. The highest BCUT2D eigenvalue weighted by atomic mass is 35.5. The summed E-state index contributed by atoms with van der Waals surface area (Å²) in [5, 5.41) is 0.605. The van der Waals surface area contributed by atoms with Crippen LogP contribution in [0.3, 0.4) is 0 Å². The van der Waals surface area contributed by atoms with Crippen molar-refractivity contribution in [1.29, 1.82) is 0 Å². The predicted molar refractivity (Wildman–Crippen MR) is 87.7 cm³/mol. The van der Waals surface area contributed by atoms with Crippen molar-refractivity contribution in [3.8, 4) is 6.01 Å². The molecule has 8 heteroatoms. The number of pyridine rings is 1. The van der Waals surface area contributed by atoms with E-state index in [1.165, 1.54) is 0 Å². The molecule has 0 aliphatic carbocycles. The van der Waals surface area contributed by atoms with E-state index in [2.05, 4.69) is 19.9 Å². The van der Waals surface area contributed by atoms with Gasteiger partial charge in [-0.25, -0.2) is 0 Å². The van der Waals surface area contributed by atoms with Crippen molar-refractivity contribution in [2.75, 3.05) is 26.1 Å². The molecule has 0 saturated carbocycles. The van der Waals surface area contributed by atoms with Gasteiger partial charge in [0.1, 0.15) is 17.6 Å². The molecule has 0 saturated heterocycles. The van der Waals surface area contributed by atoms with E-state index < -0.39 is 0 Å². The number of halogens is 1. The number of anilines is 1. The monoisotopic (exact) mass is 333 g/mol. The summed E-state index contributed by atoms with van der Waals surface area (Å²) >= 11 is 5.86. The van der Waals surface area contributed by atoms with Crippen LogP contribution in [0.25, 0.3) is 11.0 Å². The summed E-state index contributed by atoms with van der Waals surface area (Å²) in [6.45, 7) is 0.815. The first-order valence-electron chi connectivity index (χ1n) is 7.03. The minimum atomic E-state index is 0.233. The number of nitrogen functional groups attached to an aromatic ring is 1. The summed E-state index contributed by atoms with van der Waals surface area (Å²) in [7, 11) is 1.60. The molecule has 7 nitrogen and oxygen atoms in total. The second-order valence-electron chi connectivity index (χ2n) is 4.91. The van der Waals surface area contributed by atoms with Gasteiger partial charge in [0.2, 0.25) is 0 Å². The van der Waals surface area contributed by atoms with Crippen molar-refractivity contribution >= 4 is 28.5 Å². The third kappa shape index (κ3) is 3.52. The Labute approximate surface area is 137 Å². The van der Waals surface area contributed by atoms with Gasteiger partial charge in [0.05, 0.1) is 11.6 Å². The molecule has 0 atom stereocenters. The van der Waals surface area contributed by atoms with Crippen LogP contribution in [0.2, 0.25) is 5.02 Å². The first-order chi connectivity index (χ1) is 11.2.